The van der Waals surface area contributed by atoms with Crippen LogP contribution in [0.25, 0.3) is 21.5 Å². The topological polar surface area (TPSA) is 0 Å². The molecule has 0 N–H and O–H groups in total. The molecule has 0 heterocycles. The molecule has 2 heteroatoms. The van der Waals surface area contributed by atoms with Crippen molar-refractivity contribution in [1.29, 1.82) is 0 Å². The molecule has 0 bridgehead atoms. The molecule has 37 heavy (non-hydrogen) atoms. The van der Waals surface area contributed by atoms with E-state index in [0.717, 1.165) is 9.52 Å². The Kier molecular flexibility index (Phi) is 15.8. The van der Waals surface area contributed by atoms with Gasteiger partial charge in [0, 0.05) is 0 Å². The molecule has 0 aliphatic rings. The summed E-state index contributed by atoms with van der Waals surface area (Å²) in [4.78, 5) is 0. The summed E-state index contributed by atoms with van der Waals surface area (Å²) in [6, 6.07) is 32.7. The van der Waals surface area contributed by atoms with Crippen LogP contribution in [-0.2, 0) is 26.2 Å². The number of fused-ring (bicyclic) bond motifs is 2. The van der Waals surface area contributed by atoms with Gasteiger partial charge in [-0.15, -0.1) is 69.1 Å². The Labute approximate surface area is 249 Å². The normalized spacial score (nSPS) is 9.97. The molecule has 5 aromatic carbocycles. The van der Waals surface area contributed by atoms with E-state index in [9.17, 15) is 0 Å². The number of hydrogen-bond acceptors (Lipinski definition) is 0. The molecule has 0 saturated carbocycles. The monoisotopic (exact) mass is 582 g/mol. The van der Waals surface area contributed by atoms with Crippen LogP contribution >= 0.6 is 0 Å². The fraction of sp³-hybridized carbons (Fsp3) is 0.257. The summed E-state index contributed by atoms with van der Waals surface area (Å²) in [5, 5.41) is 7.05. The maximum Gasteiger partial charge on any atom is 4.00 e. The third-order valence-electron chi connectivity index (χ3n) is 6.16. The van der Waals surface area contributed by atoms with Crippen molar-refractivity contribution in [3.05, 3.63) is 128 Å². The largest absolute Gasteiger partial charge is 4.00 e. The average Bonchev–Trinajstić information content (AvgIpc) is 3.40. The summed E-state index contributed by atoms with van der Waals surface area (Å²) in [5.41, 5.74) is 5.66. The Bertz CT molecular complexity index is 1220. The van der Waals surface area contributed by atoms with Gasteiger partial charge in [0.15, 0.2) is 0 Å². The maximum absolute atomic E-state index is 2.28. The van der Waals surface area contributed by atoms with E-state index in [1.807, 2.05) is 6.07 Å². The second kappa shape index (κ2) is 16.7. The number of rotatable bonds is 3. The number of aryl methyl sites for hydroxylation is 2. The van der Waals surface area contributed by atoms with E-state index in [2.05, 4.69) is 133 Å². The smallest absolute Gasteiger partial charge is 0.358 e. The van der Waals surface area contributed by atoms with Crippen molar-refractivity contribution in [3.8, 4) is 0 Å². The second-order valence-corrected chi connectivity index (χ2v) is 10.8. The third kappa shape index (κ3) is 9.66. The summed E-state index contributed by atoms with van der Waals surface area (Å²) in [6.45, 7) is 15.5. The molecule has 0 spiro atoms. The van der Waals surface area contributed by atoms with Gasteiger partial charge in [0.2, 0.25) is 0 Å². The molecule has 0 aliphatic heterocycles. The van der Waals surface area contributed by atoms with Crippen LogP contribution in [0.3, 0.4) is 0 Å². The van der Waals surface area contributed by atoms with E-state index < -0.39 is 0 Å². The molecular weight excluding hydrogens is 540 g/mol. The van der Waals surface area contributed by atoms with Crippen molar-refractivity contribution in [2.45, 2.75) is 59.9 Å². The van der Waals surface area contributed by atoms with Crippen LogP contribution in [-0.4, -0.2) is 9.52 Å². The van der Waals surface area contributed by atoms with Crippen molar-refractivity contribution in [2.75, 3.05) is 0 Å². The quantitative estimate of drug-likeness (QED) is 0.146. The van der Waals surface area contributed by atoms with Gasteiger partial charge < -0.3 is 14.9 Å². The molecule has 2 radical (unpaired) electrons. The number of benzene rings is 3. The molecule has 5 rings (SSSR count). The standard InChI is InChI=1S/2C13H15.C7H8Si.2CH3.Zr/c2*1-9(2)12-6-4-5-11-7-10(3)8-13(11)12;1-8-7-5-3-2-4-6-7;;;/h2*4-9H,1-3H3;2-6H,1H3;2*1H3;/q2*-1;;2*-1;+4. The summed E-state index contributed by atoms with van der Waals surface area (Å²) < 4.78 is 0. The third-order valence-corrected chi connectivity index (χ3v) is 7.07. The van der Waals surface area contributed by atoms with Gasteiger partial charge in [-0.1, -0.05) is 107 Å². The molecule has 192 valence electrons. The van der Waals surface area contributed by atoms with Crippen molar-refractivity contribution < 1.29 is 26.2 Å². The molecule has 0 amide bonds. The zero-order valence-electron chi connectivity index (χ0n) is 24.3. The van der Waals surface area contributed by atoms with Crippen LogP contribution in [0, 0.1) is 28.7 Å². The van der Waals surface area contributed by atoms with E-state index in [0.29, 0.717) is 11.8 Å². The minimum absolute atomic E-state index is 0. The van der Waals surface area contributed by atoms with Crippen molar-refractivity contribution in [3.63, 3.8) is 0 Å². The zero-order valence-corrected chi connectivity index (χ0v) is 27.8. The average molecular weight is 584 g/mol. The molecule has 0 nitrogen and oxygen atoms in total. The van der Waals surface area contributed by atoms with E-state index in [-0.39, 0.29) is 41.1 Å². The Hall–Kier alpha value is -2.02. The Morgan fingerprint density at radius 3 is 1.32 bits per heavy atom. The molecule has 0 fully saturated rings. The van der Waals surface area contributed by atoms with Crippen molar-refractivity contribution >= 4 is 36.3 Å². The summed E-state index contributed by atoms with van der Waals surface area (Å²) in [6.07, 6.45) is 0. The zero-order chi connectivity index (χ0) is 24.7. The first kappa shape index (κ1) is 35.0. The first-order chi connectivity index (χ1) is 16.3. The van der Waals surface area contributed by atoms with Crippen LogP contribution in [0.1, 0.15) is 61.8 Å². The fourth-order valence-electron chi connectivity index (χ4n) is 4.43. The van der Waals surface area contributed by atoms with Gasteiger partial charge in [0.1, 0.15) is 0 Å². The molecule has 0 atom stereocenters. The van der Waals surface area contributed by atoms with Crippen molar-refractivity contribution in [2.24, 2.45) is 0 Å². The minimum atomic E-state index is 0. The Morgan fingerprint density at radius 2 is 1.00 bits per heavy atom. The van der Waals surface area contributed by atoms with E-state index in [1.165, 1.54) is 49.0 Å². The van der Waals surface area contributed by atoms with Gasteiger partial charge in [0.05, 0.1) is 9.52 Å². The molecule has 0 aliphatic carbocycles. The predicted molar refractivity (Wildman–Crippen MR) is 167 cm³/mol. The summed E-state index contributed by atoms with van der Waals surface area (Å²) in [7, 11) is 0.930. The predicted octanol–water partition coefficient (Wildman–Crippen LogP) is 9.94. The van der Waals surface area contributed by atoms with Gasteiger partial charge in [-0.05, 0) is 11.8 Å². The van der Waals surface area contributed by atoms with Gasteiger partial charge in [-0.2, -0.15) is 12.1 Å². The Morgan fingerprint density at radius 1 is 0.595 bits per heavy atom. The molecule has 5 aromatic rings. The summed E-state index contributed by atoms with van der Waals surface area (Å²) in [5.74, 6) is 1.23. The van der Waals surface area contributed by atoms with Crippen LogP contribution in [0.4, 0.5) is 0 Å². The van der Waals surface area contributed by atoms with Crippen LogP contribution in [0.2, 0.25) is 6.55 Å². The molecular formula is C35H44SiZr. The SMILES string of the molecule is C[Si]c1ccccc1.Cc1cc2c(C(C)C)cccc2[cH-]1.Cc1cc2c(C(C)C)cccc2[cH-]1.[CH3-].[CH3-].[Zr+4]. The molecule has 0 unspecified atom stereocenters. The van der Waals surface area contributed by atoms with Gasteiger partial charge >= 0.3 is 26.2 Å². The van der Waals surface area contributed by atoms with E-state index in [4.69, 9.17) is 0 Å². The second-order valence-electron chi connectivity index (χ2n) is 9.69. The molecule has 0 aromatic heterocycles. The van der Waals surface area contributed by atoms with Gasteiger partial charge in [-0.25, -0.2) is 0 Å². The Balaban J connectivity index is 0.000000519. The van der Waals surface area contributed by atoms with Crippen LogP contribution in [0.15, 0.2) is 91.0 Å². The molecule has 0 saturated heterocycles. The van der Waals surface area contributed by atoms with Gasteiger partial charge in [0.25, 0.3) is 0 Å². The van der Waals surface area contributed by atoms with Crippen molar-refractivity contribution in [1.82, 2.24) is 0 Å². The van der Waals surface area contributed by atoms with Crippen LogP contribution < -0.4 is 5.19 Å². The maximum atomic E-state index is 2.28. The first-order valence-electron chi connectivity index (χ1n) is 12.3. The van der Waals surface area contributed by atoms with Gasteiger partial charge in [-0.3, -0.25) is 0 Å². The minimum Gasteiger partial charge on any atom is -0.358 e. The van der Waals surface area contributed by atoms with E-state index >= 15 is 0 Å². The van der Waals surface area contributed by atoms with Crippen LogP contribution in [0.5, 0.6) is 0 Å². The fourth-order valence-corrected chi connectivity index (χ4v) is 4.96. The number of hydrogen-bond donors (Lipinski definition) is 0. The van der Waals surface area contributed by atoms with E-state index in [1.54, 1.807) is 0 Å². The first-order valence-corrected chi connectivity index (χ1v) is 13.8. The summed E-state index contributed by atoms with van der Waals surface area (Å²) >= 11 is 0.